The molecule has 0 aliphatic heterocycles. The molecule has 2 heterocycles. The van der Waals surface area contributed by atoms with E-state index in [4.69, 9.17) is 4.74 Å². The summed E-state index contributed by atoms with van der Waals surface area (Å²) in [6.07, 6.45) is 1.95. The van der Waals surface area contributed by atoms with E-state index in [2.05, 4.69) is 4.98 Å². The Labute approximate surface area is 157 Å². The molecule has 0 aliphatic rings. The Morgan fingerprint density at radius 2 is 2.00 bits per heavy atom. The van der Waals surface area contributed by atoms with Crippen molar-refractivity contribution in [1.29, 1.82) is 0 Å². The molecule has 0 saturated carbocycles. The van der Waals surface area contributed by atoms with Crippen molar-refractivity contribution in [3.63, 3.8) is 0 Å². The van der Waals surface area contributed by atoms with Gasteiger partial charge in [-0.3, -0.25) is 14.2 Å². The molecule has 0 radical (unpaired) electrons. The SMILES string of the molecule is COc1ccn(-c2nc(C)c(C(=O)CCc3ccc(F)c(F)c3)s2)c(=O)c1. The van der Waals surface area contributed by atoms with Gasteiger partial charge in [0, 0.05) is 18.7 Å². The summed E-state index contributed by atoms with van der Waals surface area (Å²) >= 11 is 1.12. The Kier molecular flexibility index (Phi) is 5.46. The van der Waals surface area contributed by atoms with Crippen LogP contribution in [-0.2, 0) is 6.42 Å². The van der Waals surface area contributed by atoms with Gasteiger partial charge >= 0.3 is 0 Å². The molecular weight excluding hydrogens is 374 g/mol. The van der Waals surface area contributed by atoms with E-state index in [0.717, 1.165) is 23.5 Å². The van der Waals surface area contributed by atoms with Crippen LogP contribution in [0.5, 0.6) is 5.75 Å². The summed E-state index contributed by atoms with van der Waals surface area (Å²) in [4.78, 5) is 29.4. The van der Waals surface area contributed by atoms with Crippen molar-refractivity contribution >= 4 is 17.1 Å². The van der Waals surface area contributed by atoms with Crippen molar-refractivity contribution in [2.45, 2.75) is 19.8 Å². The number of halogens is 2. The summed E-state index contributed by atoms with van der Waals surface area (Å²) < 4.78 is 32.6. The Hall–Kier alpha value is -2.87. The number of methoxy groups -OCH3 is 1. The Morgan fingerprint density at radius 3 is 2.67 bits per heavy atom. The van der Waals surface area contributed by atoms with Crippen LogP contribution in [0.3, 0.4) is 0 Å². The summed E-state index contributed by atoms with van der Waals surface area (Å²) in [5.74, 6) is -1.58. The number of thiazole rings is 1. The average molecular weight is 390 g/mol. The van der Waals surface area contributed by atoms with E-state index in [1.807, 2.05) is 0 Å². The summed E-state index contributed by atoms with van der Waals surface area (Å²) in [5, 5.41) is 0.385. The average Bonchev–Trinajstić information content (AvgIpc) is 3.03. The topological polar surface area (TPSA) is 61.2 Å². The first-order valence-electron chi connectivity index (χ1n) is 8.10. The highest BCUT2D eigenvalue weighted by Gasteiger charge is 2.17. The van der Waals surface area contributed by atoms with Gasteiger partial charge in [0.05, 0.1) is 17.7 Å². The van der Waals surface area contributed by atoms with E-state index in [9.17, 15) is 18.4 Å². The predicted octanol–water partition coefficient (Wildman–Crippen LogP) is 3.70. The lowest BCUT2D eigenvalue weighted by Crippen LogP contribution is -2.16. The maximum atomic E-state index is 13.3. The number of nitrogens with zero attached hydrogens (tertiary/aromatic N) is 2. The van der Waals surface area contributed by atoms with Gasteiger partial charge in [0.2, 0.25) is 0 Å². The fourth-order valence-corrected chi connectivity index (χ4v) is 3.58. The van der Waals surface area contributed by atoms with E-state index in [1.165, 1.54) is 30.0 Å². The van der Waals surface area contributed by atoms with Crippen LogP contribution in [0.4, 0.5) is 8.78 Å². The molecule has 0 N–H and O–H groups in total. The number of hydrogen-bond acceptors (Lipinski definition) is 5. The smallest absolute Gasteiger partial charge is 0.260 e. The van der Waals surface area contributed by atoms with Crippen molar-refractivity contribution in [3.8, 4) is 10.9 Å². The molecule has 140 valence electrons. The molecule has 0 bridgehead atoms. The third-order valence-electron chi connectivity index (χ3n) is 4.00. The molecule has 3 aromatic rings. The van der Waals surface area contributed by atoms with Crippen molar-refractivity contribution < 1.29 is 18.3 Å². The van der Waals surface area contributed by atoms with E-state index in [0.29, 0.717) is 27.0 Å². The maximum absolute atomic E-state index is 13.3. The highest BCUT2D eigenvalue weighted by atomic mass is 32.1. The molecule has 0 aliphatic carbocycles. The Morgan fingerprint density at radius 1 is 1.22 bits per heavy atom. The summed E-state index contributed by atoms with van der Waals surface area (Å²) in [6, 6.07) is 6.54. The van der Waals surface area contributed by atoms with Gasteiger partial charge in [0.1, 0.15) is 5.75 Å². The lowest BCUT2D eigenvalue weighted by atomic mass is 10.1. The van der Waals surface area contributed by atoms with Gasteiger partial charge in [0.15, 0.2) is 22.5 Å². The molecule has 3 rings (SSSR count). The van der Waals surface area contributed by atoms with Crippen LogP contribution < -0.4 is 10.3 Å². The van der Waals surface area contributed by atoms with Gasteiger partial charge in [-0.25, -0.2) is 13.8 Å². The van der Waals surface area contributed by atoms with Crippen LogP contribution in [0.15, 0.2) is 41.3 Å². The van der Waals surface area contributed by atoms with Crippen LogP contribution in [0.2, 0.25) is 0 Å². The fourth-order valence-electron chi connectivity index (χ4n) is 2.56. The van der Waals surface area contributed by atoms with E-state index >= 15 is 0 Å². The largest absolute Gasteiger partial charge is 0.497 e. The quantitative estimate of drug-likeness (QED) is 0.602. The molecular formula is C19H16F2N2O3S. The van der Waals surface area contributed by atoms with Crippen LogP contribution in [0.1, 0.15) is 27.3 Å². The number of ketones is 1. The predicted molar refractivity (Wildman–Crippen MR) is 98.0 cm³/mol. The Balaban J connectivity index is 1.78. The van der Waals surface area contributed by atoms with E-state index < -0.39 is 11.6 Å². The van der Waals surface area contributed by atoms with Crippen LogP contribution in [0.25, 0.3) is 5.13 Å². The Bertz CT molecular complexity index is 1060. The number of benzene rings is 1. The number of ether oxygens (including phenoxy) is 1. The lowest BCUT2D eigenvalue weighted by molar-refractivity contribution is 0.0986. The van der Waals surface area contributed by atoms with E-state index in [1.54, 1.807) is 13.0 Å². The zero-order valence-corrected chi connectivity index (χ0v) is 15.5. The number of aryl methyl sites for hydroxylation is 2. The molecule has 27 heavy (non-hydrogen) atoms. The van der Waals surface area contributed by atoms with Crippen LogP contribution in [0, 0.1) is 18.6 Å². The molecule has 0 atom stereocenters. The van der Waals surface area contributed by atoms with Gasteiger partial charge in [-0.15, -0.1) is 0 Å². The molecule has 0 unspecified atom stereocenters. The monoisotopic (exact) mass is 390 g/mol. The third-order valence-corrected chi connectivity index (χ3v) is 5.19. The minimum Gasteiger partial charge on any atom is -0.497 e. The highest BCUT2D eigenvalue weighted by molar-refractivity contribution is 7.16. The summed E-state index contributed by atoms with van der Waals surface area (Å²) in [7, 11) is 1.47. The van der Waals surface area contributed by atoms with Crippen molar-refractivity contribution in [3.05, 3.63) is 74.7 Å². The number of pyridine rings is 1. The normalized spacial score (nSPS) is 10.8. The summed E-state index contributed by atoms with van der Waals surface area (Å²) in [5.41, 5.74) is 0.743. The van der Waals surface area contributed by atoms with Crippen LogP contribution >= 0.6 is 11.3 Å². The van der Waals surface area contributed by atoms with Crippen molar-refractivity contribution in [2.75, 3.05) is 7.11 Å². The number of hydrogen-bond donors (Lipinski definition) is 0. The first-order chi connectivity index (χ1) is 12.9. The second-order valence-electron chi connectivity index (χ2n) is 5.86. The third kappa shape index (κ3) is 4.11. The highest BCUT2D eigenvalue weighted by Crippen LogP contribution is 2.23. The number of carbonyl (C=O) groups is 1. The zero-order chi connectivity index (χ0) is 19.6. The second-order valence-corrected chi connectivity index (χ2v) is 6.83. The van der Waals surface area contributed by atoms with Gasteiger partial charge in [-0.1, -0.05) is 17.4 Å². The fraction of sp³-hybridized carbons (Fsp3) is 0.211. The van der Waals surface area contributed by atoms with Gasteiger partial charge < -0.3 is 4.74 Å². The molecule has 0 amide bonds. The lowest BCUT2D eigenvalue weighted by Gasteiger charge is -2.02. The standard InChI is InChI=1S/C19H16F2N2O3S/c1-11-18(16(24)6-4-12-3-5-14(20)15(21)9-12)27-19(22-11)23-8-7-13(26-2)10-17(23)25/h3,5,7-10H,4,6H2,1-2H3. The van der Waals surface area contributed by atoms with Gasteiger partial charge in [0.25, 0.3) is 5.56 Å². The molecule has 0 fully saturated rings. The first-order valence-corrected chi connectivity index (χ1v) is 8.92. The van der Waals surface area contributed by atoms with Crippen LogP contribution in [-0.4, -0.2) is 22.4 Å². The number of carbonyl (C=O) groups excluding carboxylic acids is 1. The summed E-state index contributed by atoms with van der Waals surface area (Å²) in [6.45, 7) is 1.69. The minimum atomic E-state index is -0.935. The zero-order valence-electron chi connectivity index (χ0n) is 14.7. The van der Waals surface area contributed by atoms with Gasteiger partial charge in [-0.05, 0) is 37.1 Å². The number of aromatic nitrogens is 2. The molecule has 2 aromatic heterocycles. The number of rotatable bonds is 6. The minimum absolute atomic E-state index is 0.130. The van der Waals surface area contributed by atoms with Crippen molar-refractivity contribution in [2.24, 2.45) is 0 Å². The molecule has 0 saturated heterocycles. The second kappa shape index (κ2) is 7.79. The van der Waals surface area contributed by atoms with Crippen molar-refractivity contribution in [1.82, 2.24) is 9.55 Å². The molecule has 5 nitrogen and oxygen atoms in total. The molecule has 0 spiro atoms. The number of Topliss-reactive ketones (excluding diaryl/α,β-unsaturated/α-hetero) is 1. The van der Waals surface area contributed by atoms with E-state index in [-0.39, 0.29) is 24.2 Å². The molecule has 8 heteroatoms. The first kappa shape index (κ1) is 18.9. The van der Waals surface area contributed by atoms with Gasteiger partial charge in [-0.2, -0.15) is 0 Å². The maximum Gasteiger partial charge on any atom is 0.260 e. The molecule has 1 aromatic carbocycles.